The molecule has 3 aliphatic heterocycles. The molecular formula is C45H53N5O3. The fourth-order valence-electron chi connectivity index (χ4n) is 8.73. The Kier molecular flexibility index (Phi) is 8.86. The molecular weight excluding hydrogens is 659 g/mol. The maximum atomic E-state index is 13.5. The molecule has 8 nitrogen and oxygen atoms in total. The van der Waals surface area contributed by atoms with Gasteiger partial charge in [-0.3, -0.25) is 14.7 Å². The van der Waals surface area contributed by atoms with Gasteiger partial charge in [0.05, 0.1) is 28.8 Å². The van der Waals surface area contributed by atoms with E-state index in [1.54, 1.807) is 0 Å². The molecule has 8 rings (SSSR count). The lowest BCUT2D eigenvalue weighted by molar-refractivity contribution is -0.136. The van der Waals surface area contributed by atoms with Gasteiger partial charge in [0.2, 0.25) is 5.91 Å². The first-order valence-electron chi connectivity index (χ1n) is 19.6. The van der Waals surface area contributed by atoms with Gasteiger partial charge < -0.3 is 14.6 Å². The first-order valence-corrected chi connectivity index (χ1v) is 19.6. The largest absolute Gasteiger partial charge is 0.444 e. The van der Waals surface area contributed by atoms with Crippen LogP contribution in [0, 0.1) is 23.7 Å². The van der Waals surface area contributed by atoms with Gasteiger partial charge >= 0.3 is 6.09 Å². The van der Waals surface area contributed by atoms with Crippen LogP contribution >= 0.6 is 0 Å². The number of fused-ring (bicyclic) bond motifs is 6. The van der Waals surface area contributed by atoms with Gasteiger partial charge in [0.15, 0.2) is 0 Å². The second-order valence-electron chi connectivity index (χ2n) is 17.3. The normalized spacial score (nSPS) is 22.3. The number of amides is 2. The van der Waals surface area contributed by atoms with E-state index >= 15 is 0 Å². The van der Waals surface area contributed by atoms with Crippen molar-refractivity contribution in [2.75, 3.05) is 13.1 Å². The van der Waals surface area contributed by atoms with E-state index in [2.05, 4.69) is 105 Å². The molecule has 0 unspecified atom stereocenters. The number of hydrogen-bond acceptors (Lipinski definition) is 5. The number of benzene rings is 4. The number of hydrogen-bond donors (Lipinski definition) is 1. The third-order valence-electron chi connectivity index (χ3n) is 12.0. The van der Waals surface area contributed by atoms with Crippen LogP contribution < -0.4 is 0 Å². The monoisotopic (exact) mass is 711 g/mol. The van der Waals surface area contributed by atoms with Gasteiger partial charge in [0.25, 0.3) is 0 Å². The van der Waals surface area contributed by atoms with Crippen molar-refractivity contribution in [3.05, 3.63) is 72.1 Å². The van der Waals surface area contributed by atoms with Crippen molar-refractivity contribution in [3.8, 4) is 11.1 Å². The van der Waals surface area contributed by atoms with Crippen molar-refractivity contribution in [1.82, 2.24) is 19.8 Å². The molecule has 8 heteroatoms. The van der Waals surface area contributed by atoms with Crippen molar-refractivity contribution < 1.29 is 14.3 Å². The second kappa shape index (κ2) is 13.3. The van der Waals surface area contributed by atoms with E-state index in [1.165, 1.54) is 16.3 Å². The fraction of sp³-hybridized carbons (Fsp3) is 0.467. The molecule has 0 bridgehead atoms. The fourth-order valence-corrected chi connectivity index (χ4v) is 8.73. The number of aromatic amines is 1. The van der Waals surface area contributed by atoms with Crippen LogP contribution in [-0.4, -0.2) is 62.2 Å². The first kappa shape index (κ1) is 35.3. The summed E-state index contributed by atoms with van der Waals surface area (Å²) in [6, 6.07) is 21.9. The van der Waals surface area contributed by atoms with E-state index in [-0.39, 0.29) is 30.0 Å². The molecule has 3 aliphatic rings. The molecule has 4 heterocycles. The summed E-state index contributed by atoms with van der Waals surface area (Å²) in [5, 5.41) is 4.64. The summed E-state index contributed by atoms with van der Waals surface area (Å²) in [5.41, 5.74) is 7.08. The zero-order chi connectivity index (χ0) is 37.3. The standard InChI is InChI=1S/C45H53N5O3/c1-9-28-19-40(50(24-28)44(52)53-45(6,7)8)42-47-37-17-13-32-21-30(11-15-34(32)41(37)48-42)29-10-14-33-31(20-29)12-16-36-35(33)22-38(46-36)39-18-26(4)23-49(39)43(51)27(5)25(2)3/h10-17,20-21,25-28,39-40H,9,18-19,22-24H2,1-8H3,(H,47,48)/t26-,27-,28-,39-,40-/m0/s1. The number of carbonyl (C=O) groups excluding carboxylic acids is 2. The molecule has 2 amide bonds. The average molecular weight is 712 g/mol. The Bertz CT molecular complexity index is 2280. The number of likely N-dealkylation sites (tertiary alicyclic amines) is 2. The minimum absolute atomic E-state index is 0.00620. The molecule has 1 N–H and O–H groups in total. The van der Waals surface area contributed by atoms with Gasteiger partial charge in [-0.2, -0.15) is 0 Å². The molecule has 5 aromatic rings. The molecule has 1 aromatic heterocycles. The van der Waals surface area contributed by atoms with E-state index in [9.17, 15) is 9.59 Å². The van der Waals surface area contributed by atoms with Crippen molar-refractivity contribution >= 4 is 56.0 Å². The van der Waals surface area contributed by atoms with Crippen molar-refractivity contribution in [1.29, 1.82) is 0 Å². The van der Waals surface area contributed by atoms with Crippen LogP contribution in [-0.2, 0) is 16.0 Å². The van der Waals surface area contributed by atoms with Crippen LogP contribution in [0.1, 0.15) is 92.1 Å². The average Bonchev–Trinajstić information content (AvgIpc) is 3.93. The van der Waals surface area contributed by atoms with Crippen LogP contribution in [0.5, 0.6) is 0 Å². The summed E-state index contributed by atoms with van der Waals surface area (Å²) in [6.45, 7) is 18.0. The van der Waals surface area contributed by atoms with Crippen molar-refractivity contribution in [2.45, 2.75) is 98.8 Å². The number of carbonyl (C=O) groups is 2. The third-order valence-corrected chi connectivity index (χ3v) is 12.0. The topological polar surface area (TPSA) is 90.9 Å². The zero-order valence-corrected chi connectivity index (χ0v) is 32.5. The summed E-state index contributed by atoms with van der Waals surface area (Å²) >= 11 is 0. The Labute approximate surface area is 313 Å². The Hall–Kier alpha value is -4.72. The summed E-state index contributed by atoms with van der Waals surface area (Å²) in [7, 11) is 0. The van der Waals surface area contributed by atoms with E-state index < -0.39 is 5.60 Å². The van der Waals surface area contributed by atoms with E-state index in [4.69, 9.17) is 14.7 Å². The van der Waals surface area contributed by atoms with Crippen LogP contribution in [0.4, 0.5) is 10.5 Å². The molecule has 5 atom stereocenters. The predicted octanol–water partition coefficient (Wildman–Crippen LogP) is 10.4. The van der Waals surface area contributed by atoms with Crippen LogP contribution in [0.15, 0.2) is 65.7 Å². The number of H-pyrrole nitrogens is 1. The van der Waals surface area contributed by atoms with Gasteiger partial charge in [-0.25, -0.2) is 9.78 Å². The Morgan fingerprint density at radius 2 is 1.58 bits per heavy atom. The maximum absolute atomic E-state index is 13.5. The van der Waals surface area contributed by atoms with E-state index in [1.807, 2.05) is 25.7 Å². The SMILES string of the molecule is CC[C@H]1C[C@@H](c2nc3c(ccc4cc(-c5ccc6c7c(ccc6c5)N=C([C@@H]5C[C@H](C)CN5C(=O)[C@@H](C)C(C)C)C7)ccc43)[nH]2)N(C(=O)OC(C)(C)C)C1. The molecule has 2 saturated heterocycles. The van der Waals surface area contributed by atoms with Crippen LogP contribution in [0.2, 0.25) is 0 Å². The summed E-state index contributed by atoms with van der Waals surface area (Å²) < 4.78 is 5.80. The van der Waals surface area contributed by atoms with Crippen molar-refractivity contribution in [2.24, 2.45) is 28.7 Å². The number of aromatic nitrogens is 2. The quantitative estimate of drug-likeness (QED) is 0.190. The van der Waals surface area contributed by atoms with Gasteiger partial charge in [-0.05, 0) is 108 Å². The third kappa shape index (κ3) is 6.48. The lowest BCUT2D eigenvalue weighted by Crippen LogP contribution is -2.44. The number of imidazole rings is 1. The lowest BCUT2D eigenvalue weighted by Gasteiger charge is -2.29. The number of nitrogens with one attached hydrogen (secondary N) is 1. The highest BCUT2D eigenvalue weighted by molar-refractivity contribution is 6.07. The molecule has 0 radical (unpaired) electrons. The molecule has 2 fully saturated rings. The Balaban J connectivity index is 1.05. The highest BCUT2D eigenvalue weighted by Crippen LogP contribution is 2.41. The first-order chi connectivity index (χ1) is 25.3. The highest BCUT2D eigenvalue weighted by Gasteiger charge is 2.41. The van der Waals surface area contributed by atoms with E-state index in [0.717, 1.165) is 82.4 Å². The van der Waals surface area contributed by atoms with Crippen LogP contribution in [0.25, 0.3) is 43.7 Å². The summed E-state index contributed by atoms with van der Waals surface area (Å²) in [6.07, 6.45) is 3.36. The minimum atomic E-state index is -0.554. The second-order valence-corrected chi connectivity index (χ2v) is 17.3. The van der Waals surface area contributed by atoms with Crippen LogP contribution in [0.3, 0.4) is 0 Å². The molecule has 0 saturated carbocycles. The number of aliphatic imine (C=N–C) groups is 1. The lowest BCUT2D eigenvalue weighted by atomic mass is 9.93. The summed E-state index contributed by atoms with van der Waals surface area (Å²) in [4.78, 5) is 44.6. The van der Waals surface area contributed by atoms with Gasteiger partial charge in [-0.1, -0.05) is 77.4 Å². The number of ether oxygens (including phenoxy) is 1. The maximum Gasteiger partial charge on any atom is 0.410 e. The Morgan fingerprint density at radius 1 is 0.887 bits per heavy atom. The molecule has 0 aliphatic carbocycles. The van der Waals surface area contributed by atoms with Gasteiger partial charge in [0.1, 0.15) is 11.4 Å². The predicted molar refractivity (Wildman–Crippen MR) is 215 cm³/mol. The Morgan fingerprint density at radius 3 is 2.28 bits per heavy atom. The summed E-state index contributed by atoms with van der Waals surface area (Å²) in [5.74, 6) is 2.28. The smallest absolute Gasteiger partial charge is 0.410 e. The van der Waals surface area contributed by atoms with Crippen molar-refractivity contribution in [3.63, 3.8) is 0 Å². The zero-order valence-electron chi connectivity index (χ0n) is 32.5. The minimum Gasteiger partial charge on any atom is -0.444 e. The number of rotatable bonds is 6. The molecule has 276 valence electrons. The van der Waals surface area contributed by atoms with E-state index in [0.29, 0.717) is 24.3 Å². The highest BCUT2D eigenvalue weighted by atomic mass is 16.6. The molecule has 53 heavy (non-hydrogen) atoms. The number of nitrogens with zero attached hydrogens (tertiary/aromatic N) is 4. The molecule has 0 spiro atoms. The van der Waals surface area contributed by atoms with Gasteiger partial charge in [-0.15, -0.1) is 0 Å². The van der Waals surface area contributed by atoms with Gasteiger partial charge in [0, 0.05) is 36.5 Å². The molecule has 4 aromatic carbocycles.